The van der Waals surface area contributed by atoms with Crippen molar-refractivity contribution >= 4 is 28.4 Å². The Bertz CT molecular complexity index is 1030. The minimum absolute atomic E-state index is 0.157. The average molecular weight is 345 g/mol. The lowest BCUT2D eigenvalue weighted by molar-refractivity contribution is 0.0961. The van der Waals surface area contributed by atoms with E-state index in [1.807, 2.05) is 24.3 Å². The van der Waals surface area contributed by atoms with E-state index in [-0.39, 0.29) is 11.8 Å². The molecule has 0 saturated heterocycles. The van der Waals surface area contributed by atoms with E-state index < -0.39 is 0 Å². The highest BCUT2D eigenvalue weighted by Gasteiger charge is 2.23. The standard InChI is InChI=1S/C21H19N3O2/c1-22-20(25)13-6-4-7-14(12-13)23-21(26)19-15-8-2-3-10-17(15)24-18-11-5-9-16(18)19/h2-4,6-8,10,12H,5,9,11H2,1H3,(H,22,25)(H,23,26). The molecule has 1 aliphatic carbocycles. The van der Waals surface area contributed by atoms with Gasteiger partial charge in [-0.25, -0.2) is 0 Å². The average Bonchev–Trinajstić information content (AvgIpc) is 3.13. The number of hydrogen-bond donors (Lipinski definition) is 2. The van der Waals surface area contributed by atoms with E-state index in [9.17, 15) is 9.59 Å². The monoisotopic (exact) mass is 345 g/mol. The number of rotatable bonds is 3. The third-order valence-electron chi connectivity index (χ3n) is 4.76. The predicted molar refractivity (Wildman–Crippen MR) is 102 cm³/mol. The van der Waals surface area contributed by atoms with Gasteiger partial charge in [0.2, 0.25) is 0 Å². The molecule has 5 nitrogen and oxygen atoms in total. The molecule has 5 heteroatoms. The second-order valence-electron chi connectivity index (χ2n) is 6.40. The molecule has 0 spiro atoms. The van der Waals surface area contributed by atoms with Gasteiger partial charge >= 0.3 is 0 Å². The molecule has 4 rings (SSSR count). The van der Waals surface area contributed by atoms with Crippen LogP contribution in [-0.2, 0) is 12.8 Å². The van der Waals surface area contributed by atoms with E-state index in [0.717, 1.165) is 41.4 Å². The quantitative estimate of drug-likeness (QED) is 0.765. The highest BCUT2D eigenvalue weighted by atomic mass is 16.2. The summed E-state index contributed by atoms with van der Waals surface area (Å²) in [4.78, 5) is 29.6. The van der Waals surface area contributed by atoms with Crippen molar-refractivity contribution in [2.24, 2.45) is 0 Å². The molecular weight excluding hydrogens is 326 g/mol. The van der Waals surface area contributed by atoms with Crippen molar-refractivity contribution in [2.75, 3.05) is 12.4 Å². The van der Waals surface area contributed by atoms with E-state index in [1.165, 1.54) is 0 Å². The maximum Gasteiger partial charge on any atom is 0.256 e. The number of carbonyl (C=O) groups is 2. The zero-order valence-corrected chi connectivity index (χ0v) is 14.5. The molecule has 0 saturated carbocycles. The third-order valence-corrected chi connectivity index (χ3v) is 4.76. The van der Waals surface area contributed by atoms with Gasteiger partial charge < -0.3 is 10.6 Å². The van der Waals surface area contributed by atoms with Gasteiger partial charge in [0.1, 0.15) is 0 Å². The predicted octanol–water partition coefficient (Wildman–Crippen LogP) is 3.34. The topological polar surface area (TPSA) is 71.1 Å². The molecule has 3 aromatic rings. The molecule has 1 aliphatic rings. The van der Waals surface area contributed by atoms with Gasteiger partial charge in [-0.2, -0.15) is 0 Å². The van der Waals surface area contributed by atoms with Gasteiger partial charge in [0, 0.05) is 29.4 Å². The van der Waals surface area contributed by atoms with Crippen LogP contribution in [0.4, 0.5) is 5.69 Å². The Morgan fingerprint density at radius 3 is 2.69 bits per heavy atom. The fourth-order valence-corrected chi connectivity index (χ4v) is 3.55. The van der Waals surface area contributed by atoms with E-state index >= 15 is 0 Å². The number of aromatic nitrogens is 1. The summed E-state index contributed by atoms with van der Waals surface area (Å²) in [5, 5.41) is 6.41. The number of fused-ring (bicyclic) bond motifs is 2. The Morgan fingerprint density at radius 2 is 1.85 bits per heavy atom. The first-order valence-electron chi connectivity index (χ1n) is 8.71. The van der Waals surface area contributed by atoms with E-state index in [2.05, 4.69) is 10.6 Å². The van der Waals surface area contributed by atoms with Gasteiger partial charge in [-0.05, 0) is 49.1 Å². The van der Waals surface area contributed by atoms with Crippen LogP contribution in [0.1, 0.15) is 38.4 Å². The van der Waals surface area contributed by atoms with Gasteiger partial charge in [0.05, 0.1) is 11.1 Å². The van der Waals surface area contributed by atoms with Gasteiger partial charge in [-0.15, -0.1) is 0 Å². The number of nitrogens with one attached hydrogen (secondary N) is 2. The number of benzene rings is 2. The number of anilines is 1. The van der Waals surface area contributed by atoms with Crippen molar-refractivity contribution in [3.8, 4) is 0 Å². The molecule has 26 heavy (non-hydrogen) atoms. The van der Waals surface area contributed by atoms with Crippen molar-refractivity contribution in [3.63, 3.8) is 0 Å². The normalized spacial score (nSPS) is 12.7. The molecule has 0 fully saturated rings. The Morgan fingerprint density at radius 1 is 1.00 bits per heavy atom. The van der Waals surface area contributed by atoms with Crippen LogP contribution in [0, 0.1) is 0 Å². The van der Waals surface area contributed by atoms with Crippen LogP contribution < -0.4 is 10.6 Å². The zero-order chi connectivity index (χ0) is 18.1. The van der Waals surface area contributed by atoms with Gasteiger partial charge in [0.15, 0.2) is 0 Å². The lowest BCUT2D eigenvalue weighted by Crippen LogP contribution is -2.19. The van der Waals surface area contributed by atoms with Crippen LogP contribution in [-0.4, -0.2) is 23.8 Å². The Kier molecular flexibility index (Phi) is 4.13. The summed E-state index contributed by atoms with van der Waals surface area (Å²) in [6.45, 7) is 0. The van der Waals surface area contributed by atoms with Gasteiger partial charge in [-0.1, -0.05) is 24.3 Å². The lowest BCUT2D eigenvalue weighted by atomic mass is 10.0. The van der Waals surface area contributed by atoms with Crippen molar-refractivity contribution in [3.05, 3.63) is 70.9 Å². The van der Waals surface area contributed by atoms with Crippen LogP contribution in [0.5, 0.6) is 0 Å². The number of nitrogens with zero attached hydrogens (tertiary/aromatic N) is 1. The molecular formula is C21H19N3O2. The number of aryl methyl sites for hydroxylation is 1. The van der Waals surface area contributed by atoms with Crippen LogP contribution in [0.15, 0.2) is 48.5 Å². The Balaban J connectivity index is 1.75. The van der Waals surface area contributed by atoms with Crippen molar-refractivity contribution < 1.29 is 9.59 Å². The summed E-state index contributed by atoms with van der Waals surface area (Å²) in [5.74, 6) is -0.341. The summed E-state index contributed by atoms with van der Waals surface area (Å²) < 4.78 is 0. The van der Waals surface area contributed by atoms with Crippen molar-refractivity contribution in [1.82, 2.24) is 10.3 Å². The molecule has 0 radical (unpaired) electrons. The molecule has 130 valence electrons. The number of carbonyl (C=O) groups excluding carboxylic acids is 2. The molecule has 0 aliphatic heterocycles. The number of pyridine rings is 1. The molecule has 2 aromatic carbocycles. The first kappa shape index (κ1) is 16.3. The van der Waals surface area contributed by atoms with Gasteiger partial charge in [0.25, 0.3) is 11.8 Å². The Labute approximate surface area is 151 Å². The number of hydrogen-bond acceptors (Lipinski definition) is 3. The van der Waals surface area contributed by atoms with E-state index in [1.54, 1.807) is 31.3 Å². The highest BCUT2D eigenvalue weighted by Crippen LogP contribution is 2.30. The zero-order valence-electron chi connectivity index (χ0n) is 14.5. The molecule has 2 N–H and O–H groups in total. The summed E-state index contributed by atoms with van der Waals surface area (Å²) in [6.07, 6.45) is 2.80. The highest BCUT2D eigenvalue weighted by molar-refractivity contribution is 6.14. The van der Waals surface area contributed by atoms with E-state index in [0.29, 0.717) is 16.8 Å². The van der Waals surface area contributed by atoms with Crippen LogP contribution in [0.2, 0.25) is 0 Å². The minimum Gasteiger partial charge on any atom is -0.355 e. The van der Waals surface area contributed by atoms with Crippen LogP contribution in [0.25, 0.3) is 10.9 Å². The molecule has 2 amide bonds. The summed E-state index contributed by atoms with van der Waals surface area (Å²) >= 11 is 0. The second-order valence-corrected chi connectivity index (χ2v) is 6.40. The first-order chi connectivity index (χ1) is 12.7. The van der Waals surface area contributed by atoms with Gasteiger partial charge in [-0.3, -0.25) is 14.6 Å². The van der Waals surface area contributed by atoms with Crippen LogP contribution in [0.3, 0.4) is 0 Å². The second kappa shape index (κ2) is 6.59. The molecule has 0 bridgehead atoms. The first-order valence-corrected chi connectivity index (χ1v) is 8.71. The Hall–Kier alpha value is -3.21. The fourth-order valence-electron chi connectivity index (χ4n) is 3.55. The fraction of sp³-hybridized carbons (Fsp3) is 0.190. The lowest BCUT2D eigenvalue weighted by Gasteiger charge is -2.13. The molecule has 0 unspecified atom stereocenters. The summed E-state index contributed by atoms with van der Waals surface area (Å²) in [5.41, 5.74) is 4.72. The molecule has 1 heterocycles. The molecule has 0 atom stereocenters. The van der Waals surface area contributed by atoms with Crippen LogP contribution >= 0.6 is 0 Å². The summed E-state index contributed by atoms with van der Waals surface area (Å²) in [6, 6.07) is 14.7. The van der Waals surface area contributed by atoms with Crippen molar-refractivity contribution in [2.45, 2.75) is 19.3 Å². The largest absolute Gasteiger partial charge is 0.355 e. The maximum atomic E-state index is 13.1. The minimum atomic E-state index is -0.184. The van der Waals surface area contributed by atoms with Crippen molar-refractivity contribution in [1.29, 1.82) is 0 Å². The number of para-hydroxylation sites is 1. The molecule has 1 aromatic heterocycles. The smallest absolute Gasteiger partial charge is 0.256 e. The third kappa shape index (κ3) is 2.81. The maximum absolute atomic E-state index is 13.1. The summed E-state index contributed by atoms with van der Waals surface area (Å²) in [7, 11) is 1.58. The van der Waals surface area contributed by atoms with E-state index in [4.69, 9.17) is 4.98 Å². The number of amides is 2. The SMILES string of the molecule is CNC(=O)c1cccc(NC(=O)c2c3c(nc4ccccc24)CCC3)c1.